The van der Waals surface area contributed by atoms with Gasteiger partial charge in [0.1, 0.15) is 0 Å². The Morgan fingerprint density at radius 2 is 1.67 bits per heavy atom. The van der Waals surface area contributed by atoms with Crippen molar-refractivity contribution in [1.82, 2.24) is 0 Å². The molecule has 1 aliphatic carbocycles. The molecule has 1 N–H and O–H groups in total. The lowest BCUT2D eigenvalue weighted by atomic mass is 10.1. The van der Waals surface area contributed by atoms with Crippen LogP contribution < -0.4 is 5.32 Å². The number of rotatable bonds is 2. The van der Waals surface area contributed by atoms with Gasteiger partial charge in [0.25, 0.3) is 5.91 Å². The van der Waals surface area contributed by atoms with Gasteiger partial charge in [-0.3, -0.25) is 4.79 Å². The molecule has 24 heavy (non-hydrogen) atoms. The van der Waals surface area contributed by atoms with Gasteiger partial charge in [0.05, 0.1) is 10.6 Å². The van der Waals surface area contributed by atoms with Gasteiger partial charge in [-0.05, 0) is 59.0 Å². The van der Waals surface area contributed by atoms with E-state index >= 15 is 0 Å². The van der Waals surface area contributed by atoms with Gasteiger partial charge in [0, 0.05) is 10.7 Å². The third-order valence-corrected chi connectivity index (χ3v) is 4.79. The average Bonchev–Trinajstić information content (AvgIpc) is 2.94. The van der Waals surface area contributed by atoms with Gasteiger partial charge >= 0.3 is 0 Å². The SMILES string of the molecule is O=C(Nc1ccc2c(c1)Cc1ccccc1-2)c1cc(Cl)ccc1Cl. The second kappa shape index (κ2) is 5.97. The van der Waals surface area contributed by atoms with E-state index in [1.54, 1.807) is 18.2 Å². The zero-order valence-electron chi connectivity index (χ0n) is 12.6. The number of halogens is 2. The van der Waals surface area contributed by atoms with Crippen LogP contribution in [0.3, 0.4) is 0 Å². The molecule has 0 saturated heterocycles. The summed E-state index contributed by atoms with van der Waals surface area (Å²) in [6, 6.07) is 19.2. The number of benzene rings is 3. The van der Waals surface area contributed by atoms with Crippen LogP contribution in [0.5, 0.6) is 0 Å². The second-order valence-electron chi connectivity index (χ2n) is 5.78. The van der Waals surface area contributed by atoms with Crippen LogP contribution in [0.1, 0.15) is 21.5 Å². The summed E-state index contributed by atoms with van der Waals surface area (Å²) < 4.78 is 0. The number of amides is 1. The zero-order chi connectivity index (χ0) is 16.7. The van der Waals surface area contributed by atoms with Crippen LogP contribution >= 0.6 is 23.2 Å². The molecule has 4 heteroatoms. The van der Waals surface area contributed by atoms with E-state index in [1.807, 2.05) is 18.2 Å². The second-order valence-corrected chi connectivity index (χ2v) is 6.63. The standard InChI is InChI=1S/C20H13Cl2NO/c21-14-5-8-19(22)18(11-14)20(24)23-15-6-7-17-13(10-15)9-12-3-1-2-4-16(12)17/h1-8,10-11H,9H2,(H,23,24). The van der Waals surface area contributed by atoms with Crippen LogP contribution in [0.25, 0.3) is 11.1 Å². The molecule has 0 fully saturated rings. The Morgan fingerprint density at radius 1 is 0.875 bits per heavy atom. The van der Waals surface area contributed by atoms with Gasteiger partial charge in [0.15, 0.2) is 0 Å². The monoisotopic (exact) mass is 353 g/mol. The van der Waals surface area contributed by atoms with Gasteiger partial charge in [-0.2, -0.15) is 0 Å². The Balaban J connectivity index is 1.62. The van der Waals surface area contributed by atoms with Crippen LogP contribution in [0.4, 0.5) is 5.69 Å². The highest BCUT2D eigenvalue weighted by Gasteiger charge is 2.19. The number of hydrogen-bond acceptors (Lipinski definition) is 1. The molecule has 0 saturated carbocycles. The third-order valence-electron chi connectivity index (χ3n) is 4.22. The molecule has 0 spiro atoms. The molecule has 118 valence electrons. The van der Waals surface area contributed by atoms with Gasteiger partial charge in [0.2, 0.25) is 0 Å². The molecule has 0 unspecified atom stereocenters. The minimum absolute atomic E-state index is 0.266. The zero-order valence-corrected chi connectivity index (χ0v) is 14.2. The number of hydrogen-bond donors (Lipinski definition) is 1. The summed E-state index contributed by atoms with van der Waals surface area (Å²) in [5.74, 6) is -0.266. The summed E-state index contributed by atoms with van der Waals surface area (Å²) in [7, 11) is 0. The quantitative estimate of drug-likeness (QED) is 0.483. The maximum absolute atomic E-state index is 12.5. The minimum atomic E-state index is -0.266. The maximum Gasteiger partial charge on any atom is 0.257 e. The summed E-state index contributed by atoms with van der Waals surface area (Å²) in [4.78, 5) is 12.5. The first-order valence-corrected chi connectivity index (χ1v) is 8.35. The van der Waals surface area contributed by atoms with Crippen molar-refractivity contribution < 1.29 is 4.79 Å². The van der Waals surface area contributed by atoms with Crippen molar-refractivity contribution in [2.75, 3.05) is 5.32 Å². The van der Waals surface area contributed by atoms with E-state index in [2.05, 4.69) is 29.6 Å². The molecule has 3 aromatic rings. The van der Waals surface area contributed by atoms with Crippen LogP contribution in [-0.2, 0) is 6.42 Å². The molecule has 3 aromatic carbocycles. The lowest BCUT2D eigenvalue weighted by Crippen LogP contribution is -2.12. The van der Waals surface area contributed by atoms with Crippen molar-refractivity contribution >= 4 is 34.8 Å². The normalized spacial score (nSPS) is 11.8. The van der Waals surface area contributed by atoms with E-state index in [-0.39, 0.29) is 5.91 Å². The first kappa shape index (κ1) is 15.3. The summed E-state index contributed by atoms with van der Waals surface area (Å²) >= 11 is 12.0. The van der Waals surface area contributed by atoms with Crippen molar-refractivity contribution in [1.29, 1.82) is 0 Å². The predicted molar refractivity (Wildman–Crippen MR) is 99.1 cm³/mol. The van der Waals surface area contributed by atoms with Crippen LogP contribution in [0.15, 0.2) is 60.7 Å². The lowest BCUT2D eigenvalue weighted by Gasteiger charge is -2.09. The van der Waals surface area contributed by atoms with Crippen LogP contribution in [0.2, 0.25) is 10.0 Å². The van der Waals surface area contributed by atoms with E-state index in [4.69, 9.17) is 23.2 Å². The van der Waals surface area contributed by atoms with Gasteiger partial charge in [-0.15, -0.1) is 0 Å². The van der Waals surface area contributed by atoms with Gasteiger partial charge < -0.3 is 5.32 Å². The van der Waals surface area contributed by atoms with E-state index in [0.29, 0.717) is 15.6 Å². The first-order valence-electron chi connectivity index (χ1n) is 7.59. The molecule has 0 aliphatic heterocycles. The fourth-order valence-electron chi connectivity index (χ4n) is 3.09. The molecular weight excluding hydrogens is 341 g/mol. The topological polar surface area (TPSA) is 29.1 Å². The molecule has 2 nitrogen and oxygen atoms in total. The molecule has 0 radical (unpaired) electrons. The number of carbonyl (C=O) groups is 1. The number of nitrogens with one attached hydrogen (secondary N) is 1. The van der Waals surface area contributed by atoms with Crippen molar-refractivity contribution in [3.05, 3.63) is 87.4 Å². The third kappa shape index (κ3) is 2.68. The number of anilines is 1. The molecular formula is C20H13Cl2NO. The summed E-state index contributed by atoms with van der Waals surface area (Å²) in [5, 5.41) is 3.76. The summed E-state index contributed by atoms with van der Waals surface area (Å²) in [6.07, 6.45) is 0.882. The van der Waals surface area contributed by atoms with E-state index in [1.165, 1.54) is 22.3 Å². The summed E-state index contributed by atoms with van der Waals surface area (Å²) in [5.41, 5.74) is 6.14. The fraction of sp³-hybridized carbons (Fsp3) is 0.0500. The highest BCUT2D eigenvalue weighted by molar-refractivity contribution is 6.36. The largest absolute Gasteiger partial charge is 0.322 e. The van der Waals surface area contributed by atoms with E-state index in [9.17, 15) is 4.79 Å². The van der Waals surface area contributed by atoms with Crippen molar-refractivity contribution in [2.45, 2.75) is 6.42 Å². The maximum atomic E-state index is 12.5. The molecule has 0 bridgehead atoms. The Kier molecular flexibility index (Phi) is 3.79. The molecule has 1 amide bonds. The first-order chi connectivity index (χ1) is 11.6. The molecule has 1 aliphatic rings. The predicted octanol–water partition coefficient (Wildman–Crippen LogP) is 5.82. The molecule has 0 heterocycles. The Hall–Kier alpha value is -2.29. The number of fused-ring (bicyclic) bond motifs is 3. The van der Waals surface area contributed by atoms with Gasteiger partial charge in [-0.1, -0.05) is 53.5 Å². The van der Waals surface area contributed by atoms with Crippen molar-refractivity contribution in [3.8, 4) is 11.1 Å². The highest BCUT2D eigenvalue weighted by Crippen LogP contribution is 2.37. The van der Waals surface area contributed by atoms with Gasteiger partial charge in [-0.25, -0.2) is 0 Å². The van der Waals surface area contributed by atoms with E-state index in [0.717, 1.165) is 12.1 Å². The molecule has 0 aromatic heterocycles. The average molecular weight is 354 g/mol. The molecule has 0 atom stereocenters. The summed E-state index contributed by atoms with van der Waals surface area (Å²) in [6.45, 7) is 0. The van der Waals surface area contributed by atoms with Crippen LogP contribution in [0, 0.1) is 0 Å². The Morgan fingerprint density at radius 3 is 2.54 bits per heavy atom. The Bertz CT molecular complexity index is 966. The fourth-order valence-corrected chi connectivity index (χ4v) is 3.47. The molecule has 4 rings (SSSR count). The smallest absolute Gasteiger partial charge is 0.257 e. The van der Waals surface area contributed by atoms with Crippen LogP contribution in [-0.4, -0.2) is 5.91 Å². The number of carbonyl (C=O) groups excluding carboxylic acids is 1. The van der Waals surface area contributed by atoms with Crippen molar-refractivity contribution in [2.24, 2.45) is 0 Å². The Labute approximate surface area is 150 Å². The van der Waals surface area contributed by atoms with E-state index < -0.39 is 0 Å². The highest BCUT2D eigenvalue weighted by atomic mass is 35.5. The minimum Gasteiger partial charge on any atom is -0.322 e. The lowest BCUT2D eigenvalue weighted by molar-refractivity contribution is 0.102. The van der Waals surface area contributed by atoms with Crippen molar-refractivity contribution in [3.63, 3.8) is 0 Å².